The quantitative estimate of drug-likeness (QED) is 0.442. The highest BCUT2D eigenvalue weighted by molar-refractivity contribution is 5.96. The van der Waals surface area contributed by atoms with Crippen molar-refractivity contribution in [3.63, 3.8) is 0 Å². The molecule has 2 aliphatic rings. The summed E-state index contributed by atoms with van der Waals surface area (Å²) < 4.78 is 7.04. The number of likely N-dealkylation sites (tertiary alicyclic amines) is 1. The zero-order valence-corrected chi connectivity index (χ0v) is 25.2. The number of aliphatic hydroxyl groups excluding tert-OH is 1. The standard InChI is InChI=1S/C30H39N5O4.C2H6/c1-6-8-26-21(4)32-28-25(18-31-33(28)5)19-35(26)29(37)24-10-9-22(20(3)17-24)11-12-27(36)34-15-13-23(14-16-34)30(38)39-7-2;1-2/h6,8-10,17-18,23,30,32,38H,1,4,7,11-16,19H2,2-3,5H3;1-2H3/b26-8+;. The zero-order chi connectivity index (χ0) is 30.1. The van der Waals surface area contributed by atoms with Crippen LogP contribution in [0.2, 0.25) is 0 Å². The van der Waals surface area contributed by atoms with Gasteiger partial charge in [0.05, 0.1) is 24.1 Å². The normalized spacial score (nSPS) is 17.2. The van der Waals surface area contributed by atoms with E-state index < -0.39 is 6.29 Å². The Labute approximate surface area is 244 Å². The highest BCUT2D eigenvalue weighted by Gasteiger charge is 2.29. The van der Waals surface area contributed by atoms with Crippen molar-refractivity contribution in [2.24, 2.45) is 13.0 Å². The highest BCUT2D eigenvalue weighted by atomic mass is 16.6. The number of benzene rings is 1. The fourth-order valence-electron chi connectivity index (χ4n) is 5.27. The number of anilines is 1. The van der Waals surface area contributed by atoms with Crippen LogP contribution in [-0.2, 0) is 29.5 Å². The van der Waals surface area contributed by atoms with Gasteiger partial charge in [0, 0.05) is 50.2 Å². The van der Waals surface area contributed by atoms with Crippen molar-refractivity contribution >= 4 is 17.6 Å². The van der Waals surface area contributed by atoms with Gasteiger partial charge < -0.3 is 25.0 Å². The van der Waals surface area contributed by atoms with Crippen molar-refractivity contribution in [1.82, 2.24) is 19.6 Å². The van der Waals surface area contributed by atoms with E-state index in [0.29, 0.717) is 56.0 Å². The largest absolute Gasteiger partial charge is 0.368 e. The van der Waals surface area contributed by atoms with E-state index in [2.05, 4.69) is 23.6 Å². The topological polar surface area (TPSA) is 99.9 Å². The van der Waals surface area contributed by atoms with Crippen molar-refractivity contribution in [2.45, 2.75) is 66.2 Å². The molecule has 3 heterocycles. The Kier molecular flexibility index (Phi) is 11.5. The number of aryl methyl sites for hydroxylation is 3. The molecule has 0 spiro atoms. The van der Waals surface area contributed by atoms with Crippen molar-refractivity contribution in [1.29, 1.82) is 0 Å². The fourth-order valence-corrected chi connectivity index (χ4v) is 5.27. The van der Waals surface area contributed by atoms with Crippen molar-refractivity contribution in [2.75, 3.05) is 25.0 Å². The van der Waals surface area contributed by atoms with Gasteiger partial charge >= 0.3 is 0 Å². The van der Waals surface area contributed by atoms with Crippen molar-refractivity contribution < 1.29 is 19.4 Å². The van der Waals surface area contributed by atoms with Crippen LogP contribution in [0.15, 0.2) is 61.1 Å². The lowest BCUT2D eigenvalue weighted by Crippen LogP contribution is -2.41. The summed E-state index contributed by atoms with van der Waals surface area (Å²) in [6.07, 6.45) is 6.90. The maximum absolute atomic E-state index is 13.7. The number of fused-ring (bicyclic) bond motifs is 1. The maximum atomic E-state index is 13.7. The van der Waals surface area contributed by atoms with Crippen LogP contribution in [-0.4, -0.2) is 62.5 Å². The van der Waals surface area contributed by atoms with Crippen molar-refractivity contribution in [3.05, 3.63) is 83.4 Å². The van der Waals surface area contributed by atoms with Crippen LogP contribution < -0.4 is 5.32 Å². The number of amides is 2. The lowest BCUT2D eigenvalue weighted by Gasteiger charge is -2.34. The number of allylic oxidation sites excluding steroid dienone is 2. The predicted molar refractivity (Wildman–Crippen MR) is 162 cm³/mol. The summed E-state index contributed by atoms with van der Waals surface area (Å²) in [7, 11) is 1.84. The van der Waals surface area contributed by atoms with Gasteiger partial charge in [-0.2, -0.15) is 5.10 Å². The van der Waals surface area contributed by atoms with E-state index in [1.54, 1.807) is 27.9 Å². The van der Waals surface area contributed by atoms with Gasteiger partial charge in [0.1, 0.15) is 5.82 Å². The lowest BCUT2D eigenvalue weighted by molar-refractivity contribution is -0.149. The van der Waals surface area contributed by atoms with E-state index in [1.165, 1.54) is 0 Å². The summed E-state index contributed by atoms with van der Waals surface area (Å²) in [5.74, 6) is 0.841. The van der Waals surface area contributed by atoms with Gasteiger partial charge in [-0.15, -0.1) is 0 Å². The van der Waals surface area contributed by atoms with E-state index >= 15 is 0 Å². The molecule has 1 atom stereocenters. The smallest absolute Gasteiger partial charge is 0.258 e. The number of hydrogen-bond acceptors (Lipinski definition) is 6. The molecule has 0 radical (unpaired) electrons. The first-order valence-electron chi connectivity index (χ1n) is 14.5. The van der Waals surface area contributed by atoms with Crippen LogP contribution >= 0.6 is 0 Å². The van der Waals surface area contributed by atoms with Crippen LogP contribution in [0.4, 0.5) is 5.82 Å². The molecule has 9 nitrogen and oxygen atoms in total. The summed E-state index contributed by atoms with van der Waals surface area (Å²) in [6.45, 7) is 17.9. The third-order valence-corrected chi connectivity index (χ3v) is 7.56. The van der Waals surface area contributed by atoms with Gasteiger partial charge in [-0.05, 0) is 62.4 Å². The molecule has 2 aromatic rings. The number of piperidine rings is 1. The first-order chi connectivity index (χ1) is 19.7. The Morgan fingerprint density at radius 2 is 1.98 bits per heavy atom. The Hall–Kier alpha value is -3.69. The number of aliphatic hydroxyl groups is 1. The molecular weight excluding hydrogens is 518 g/mol. The number of carbonyl (C=O) groups is 2. The molecule has 2 amide bonds. The van der Waals surface area contributed by atoms with Gasteiger partial charge in [0.25, 0.3) is 5.91 Å². The molecule has 2 aliphatic heterocycles. The van der Waals surface area contributed by atoms with Gasteiger partial charge in [0.15, 0.2) is 6.29 Å². The van der Waals surface area contributed by atoms with Crippen LogP contribution in [0.3, 0.4) is 0 Å². The molecule has 41 heavy (non-hydrogen) atoms. The SMILES string of the molecule is C=C/C=C1\C(=C)Nc2c(cnn2C)CN1C(=O)c1ccc(CCC(=O)N2CCC(C(O)OCC)CC2)c(C)c1.CC. The number of nitrogens with one attached hydrogen (secondary N) is 1. The van der Waals surface area contributed by atoms with Gasteiger partial charge in [-0.25, -0.2) is 0 Å². The Balaban J connectivity index is 0.00000226. The molecular formula is C32H45N5O4. The first-order valence-corrected chi connectivity index (χ1v) is 14.5. The Morgan fingerprint density at radius 1 is 1.27 bits per heavy atom. The summed E-state index contributed by atoms with van der Waals surface area (Å²) >= 11 is 0. The molecule has 222 valence electrons. The summed E-state index contributed by atoms with van der Waals surface area (Å²) in [5.41, 5.74) is 4.70. The first kappa shape index (κ1) is 31.8. The van der Waals surface area contributed by atoms with Gasteiger partial charge in [-0.3, -0.25) is 14.3 Å². The highest BCUT2D eigenvalue weighted by Crippen LogP contribution is 2.30. The third kappa shape index (κ3) is 7.54. The minimum Gasteiger partial charge on any atom is -0.368 e. The molecule has 1 unspecified atom stereocenters. The second-order valence-corrected chi connectivity index (χ2v) is 10.1. The van der Waals surface area contributed by atoms with Crippen LogP contribution in [0.25, 0.3) is 0 Å². The zero-order valence-electron chi connectivity index (χ0n) is 25.2. The van der Waals surface area contributed by atoms with E-state index in [1.807, 2.05) is 57.8 Å². The summed E-state index contributed by atoms with van der Waals surface area (Å²) in [6, 6.07) is 5.66. The minimum atomic E-state index is -0.755. The average Bonchev–Trinajstić information content (AvgIpc) is 3.25. The second kappa shape index (κ2) is 14.8. The molecule has 1 aromatic heterocycles. The maximum Gasteiger partial charge on any atom is 0.258 e. The second-order valence-electron chi connectivity index (χ2n) is 10.1. The van der Waals surface area contributed by atoms with Gasteiger partial charge in [-0.1, -0.05) is 39.1 Å². The molecule has 4 rings (SSSR count). The number of carbonyl (C=O) groups excluding carboxylic acids is 2. The molecule has 2 N–H and O–H groups in total. The van der Waals surface area contributed by atoms with Crippen LogP contribution in [0, 0.1) is 12.8 Å². The minimum absolute atomic E-state index is 0.0741. The Morgan fingerprint density at radius 3 is 2.61 bits per heavy atom. The number of rotatable bonds is 8. The molecule has 1 aromatic carbocycles. The molecule has 9 heteroatoms. The van der Waals surface area contributed by atoms with E-state index in [4.69, 9.17) is 4.74 Å². The molecule has 0 aliphatic carbocycles. The number of hydrogen-bond donors (Lipinski definition) is 2. The van der Waals surface area contributed by atoms with E-state index in [0.717, 1.165) is 35.3 Å². The monoisotopic (exact) mass is 563 g/mol. The van der Waals surface area contributed by atoms with Crippen LogP contribution in [0.1, 0.15) is 67.1 Å². The average molecular weight is 564 g/mol. The molecule has 0 saturated carbocycles. The van der Waals surface area contributed by atoms with Gasteiger partial charge in [0.2, 0.25) is 5.91 Å². The molecule has 1 fully saturated rings. The molecule has 0 bridgehead atoms. The number of aromatic nitrogens is 2. The third-order valence-electron chi connectivity index (χ3n) is 7.56. The Bertz CT molecular complexity index is 1270. The fraction of sp³-hybridized carbons (Fsp3) is 0.469. The van der Waals surface area contributed by atoms with E-state index in [9.17, 15) is 14.7 Å². The van der Waals surface area contributed by atoms with Crippen molar-refractivity contribution in [3.8, 4) is 0 Å². The summed E-state index contributed by atoms with van der Waals surface area (Å²) in [5, 5.41) is 17.7. The molecule has 1 saturated heterocycles. The van der Waals surface area contributed by atoms with E-state index in [-0.39, 0.29) is 17.7 Å². The summed E-state index contributed by atoms with van der Waals surface area (Å²) in [4.78, 5) is 30.2. The number of ether oxygens (including phenoxy) is 1. The lowest BCUT2D eigenvalue weighted by atomic mass is 9.95. The predicted octanol–water partition coefficient (Wildman–Crippen LogP) is 4.93. The number of nitrogens with zero attached hydrogens (tertiary/aromatic N) is 4. The van der Waals surface area contributed by atoms with Crippen LogP contribution in [0.5, 0.6) is 0 Å².